The van der Waals surface area contributed by atoms with Gasteiger partial charge in [0.25, 0.3) is 5.91 Å². The first-order chi connectivity index (χ1) is 16.1. The van der Waals surface area contributed by atoms with Crippen LogP contribution in [0.2, 0.25) is 5.02 Å². The van der Waals surface area contributed by atoms with Crippen LogP contribution in [0.3, 0.4) is 0 Å². The molecular weight excluding hydrogens is 465 g/mol. The van der Waals surface area contributed by atoms with Gasteiger partial charge in [-0.25, -0.2) is 14.4 Å². The predicted molar refractivity (Wildman–Crippen MR) is 126 cm³/mol. The summed E-state index contributed by atoms with van der Waals surface area (Å²) in [5.41, 5.74) is 1.78. The van der Waals surface area contributed by atoms with Gasteiger partial charge >= 0.3 is 0 Å². The van der Waals surface area contributed by atoms with E-state index in [-0.39, 0.29) is 10.9 Å². The number of nitrogens with one attached hydrogen (secondary N) is 1. The van der Waals surface area contributed by atoms with Gasteiger partial charge in [0.1, 0.15) is 22.8 Å². The van der Waals surface area contributed by atoms with E-state index in [4.69, 9.17) is 16.3 Å². The van der Waals surface area contributed by atoms with Crippen LogP contribution in [0.15, 0.2) is 24.5 Å². The van der Waals surface area contributed by atoms with E-state index in [1.165, 1.54) is 18.5 Å². The summed E-state index contributed by atoms with van der Waals surface area (Å²) < 4.78 is 18.8. The first kappa shape index (κ1) is 22.0. The maximum absolute atomic E-state index is 13.5. The Balaban J connectivity index is 1.33. The van der Waals surface area contributed by atoms with E-state index in [1.807, 2.05) is 0 Å². The first-order valence-electron chi connectivity index (χ1n) is 10.6. The van der Waals surface area contributed by atoms with Crippen molar-refractivity contribution in [1.82, 2.24) is 19.8 Å². The molecule has 170 valence electrons. The minimum atomic E-state index is -0.472. The fourth-order valence-corrected chi connectivity index (χ4v) is 5.36. The van der Waals surface area contributed by atoms with Crippen LogP contribution in [-0.4, -0.2) is 65.1 Å². The van der Waals surface area contributed by atoms with Gasteiger partial charge in [0.15, 0.2) is 0 Å². The molecule has 0 atom stereocenters. The van der Waals surface area contributed by atoms with E-state index in [1.54, 1.807) is 22.3 Å². The molecule has 1 N–H and O–H groups in total. The number of hydrogen-bond donors (Lipinski definition) is 1. The maximum atomic E-state index is 13.5. The summed E-state index contributed by atoms with van der Waals surface area (Å²) in [4.78, 5) is 27.4. The molecule has 0 spiro atoms. The third-order valence-electron chi connectivity index (χ3n) is 5.71. The number of nitrogens with zero attached hydrogens (tertiary/aromatic N) is 4. The highest BCUT2D eigenvalue weighted by Crippen LogP contribution is 2.38. The number of ether oxygens (including phenoxy) is 1. The van der Waals surface area contributed by atoms with E-state index in [2.05, 4.69) is 32.0 Å². The Morgan fingerprint density at radius 1 is 1.27 bits per heavy atom. The lowest BCUT2D eigenvalue weighted by Crippen LogP contribution is -2.37. The summed E-state index contributed by atoms with van der Waals surface area (Å²) >= 11 is 7.47. The van der Waals surface area contributed by atoms with Crippen LogP contribution < -0.4 is 5.32 Å². The zero-order valence-electron chi connectivity index (χ0n) is 17.7. The van der Waals surface area contributed by atoms with Gasteiger partial charge in [0, 0.05) is 30.2 Å². The molecule has 2 aromatic heterocycles. The Bertz CT molecular complexity index is 1260. The fourth-order valence-electron chi connectivity index (χ4n) is 3.97. The molecule has 2 aliphatic rings. The highest BCUT2D eigenvalue weighted by molar-refractivity contribution is 7.19. The molecule has 5 rings (SSSR count). The lowest BCUT2D eigenvalue weighted by molar-refractivity contribution is -0.125. The van der Waals surface area contributed by atoms with Crippen LogP contribution in [0, 0.1) is 17.7 Å². The van der Waals surface area contributed by atoms with Gasteiger partial charge in [0.05, 0.1) is 36.7 Å². The number of hydrogen-bond acceptors (Lipinski definition) is 7. The third-order valence-corrected chi connectivity index (χ3v) is 7.12. The second-order valence-electron chi connectivity index (χ2n) is 7.83. The number of thiophene rings is 1. The normalized spacial score (nSPS) is 16.2. The number of morpholine rings is 1. The zero-order chi connectivity index (χ0) is 22.8. The van der Waals surface area contributed by atoms with Gasteiger partial charge in [-0.15, -0.1) is 11.3 Å². The van der Waals surface area contributed by atoms with Crippen LogP contribution in [0.25, 0.3) is 10.2 Å². The largest absolute Gasteiger partial charge is 0.379 e. The highest BCUT2D eigenvalue weighted by atomic mass is 35.5. The molecule has 1 fully saturated rings. The van der Waals surface area contributed by atoms with Crippen molar-refractivity contribution in [2.45, 2.75) is 13.0 Å². The highest BCUT2D eigenvalue weighted by Gasteiger charge is 2.26. The maximum Gasteiger partial charge on any atom is 0.298 e. The van der Waals surface area contributed by atoms with Crippen molar-refractivity contribution in [3.8, 4) is 11.8 Å². The number of fused-ring (bicyclic) bond motifs is 3. The van der Waals surface area contributed by atoms with Crippen molar-refractivity contribution in [2.24, 2.45) is 0 Å². The number of benzene rings is 1. The Kier molecular flexibility index (Phi) is 6.42. The Morgan fingerprint density at radius 3 is 2.94 bits per heavy atom. The summed E-state index contributed by atoms with van der Waals surface area (Å²) in [6.45, 7) is 4.78. The van der Waals surface area contributed by atoms with Gasteiger partial charge in [0.2, 0.25) is 0 Å². The molecule has 4 heterocycles. The summed E-state index contributed by atoms with van der Waals surface area (Å²) in [6, 6.07) is 4.46. The Hall–Kier alpha value is -2.77. The summed E-state index contributed by atoms with van der Waals surface area (Å²) in [6.07, 6.45) is 2.19. The van der Waals surface area contributed by atoms with Crippen molar-refractivity contribution < 1.29 is 13.9 Å². The standard InChI is InChI=1S/C23H21ClFN5O2S/c24-17-12-15(3-4-18(17)25)28-22-21-16-5-7-30(13-19(16)33-23(21)27-14-26-22)20(31)2-1-6-29-8-10-32-11-9-29/h3-4,12,14H,5-11,13H2,(H,26,27,28). The SMILES string of the molecule is O=C(C#CCN1CCOCC1)N1CCc2c(sc3ncnc(Nc4ccc(F)c(Cl)c4)c23)C1. The van der Waals surface area contributed by atoms with Gasteiger partial charge < -0.3 is 15.0 Å². The average Bonchev–Trinajstić information content (AvgIpc) is 3.21. The third kappa shape index (κ3) is 4.80. The second kappa shape index (κ2) is 9.61. The van der Waals surface area contributed by atoms with Crippen molar-refractivity contribution in [3.05, 3.63) is 45.8 Å². The number of aromatic nitrogens is 2. The number of carbonyl (C=O) groups is 1. The van der Waals surface area contributed by atoms with Gasteiger partial charge in [-0.1, -0.05) is 17.5 Å². The number of carbonyl (C=O) groups excluding carboxylic acids is 1. The van der Waals surface area contributed by atoms with Crippen LogP contribution >= 0.6 is 22.9 Å². The minimum absolute atomic E-state index is 0.0431. The van der Waals surface area contributed by atoms with E-state index in [0.717, 1.165) is 33.7 Å². The molecule has 33 heavy (non-hydrogen) atoms. The molecule has 0 bridgehead atoms. The number of halogens is 2. The van der Waals surface area contributed by atoms with Crippen molar-refractivity contribution in [2.75, 3.05) is 44.7 Å². The van der Waals surface area contributed by atoms with Crippen molar-refractivity contribution in [3.63, 3.8) is 0 Å². The molecule has 1 amide bonds. The van der Waals surface area contributed by atoms with E-state index < -0.39 is 5.82 Å². The molecule has 0 saturated carbocycles. The lowest BCUT2D eigenvalue weighted by atomic mass is 10.0. The van der Waals surface area contributed by atoms with Crippen LogP contribution in [-0.2, 0) is 22.5 Å². The average molecular weight is 486 g/mol. The molecule has 0 radical (unpaired) electrons. The van der Waals surface area contributed by atoms with Gasteiger partial charge in [-0.05, 0) is 36.1 Å². The van der Waals surface area contributed by atoms with E-state index in [9.17, 15) is 9.18 Å². The minimum Gasteiger partial charge on any atom is -0.379 e. The summed E-state index contributed by atoms with van der Waals surface area (Å²) in [7, 11) is 0. The summed E-state index contributed by atoms with van der Waals surface area (Å²) in [5.74, 6) is 5.82. The Morgan fingerprint density at radius 2 is 2.12 bits per heavy atom. The molecular formula is C23H21ClFN5O2S. The molecule has 10 heteroatoms. The van der Waals surface area contributed by atoms with Crippen molar-refractivity contribution >= 4 is 50.6 Å². The Labute approximate surface area is 199 Å². The zero-order valence-corrected chi connectivity index (χ0v) is 19.3. The molecule has 7 nitrogen and oxygen atoms in total. The molecule has 0 unspecified atom stereocenters. The van der Waals surface area contributed by atoms with Crippen LogP contribution in [0.4, 0.5) is 15.9 Å². The number of anilines is 2. The molecule has 1 saturated heterocycles. The predicted octanol–water partition coefficient (Wildman–Crippen LogP) is 3.45. The smallest absolute Gasteiger partial charge is 0.298 e. The monoisotopic (exact) mass is 485 g/mol. The van der Waals surface area contributed by atoms with E-state index in [0.29, 0.717) is 50.8 Å². The number of rotatable bonds is 3. The molecule has 0 aliphatic carbocycles. The van der Waals surface area contributed by atoms with Crippen molar-refractivity contribution in [1.29, 1.82) is 0 Å². The summed E-state index contributed by atoms with van der Waals surface area (Å²) in [5, 5.41) is 4.21. The first-order valence-corrected chi connectivity index (χ1v) is 11.8. The van der Waals surface area contributed by atoms with Crippen LogP contribution in [0.5, 0.6) is 0 Å². The van der Waals surface area contributed by atoms with Crippen LogP contribution in [0.1, 0.15) is 10.4 Å². The topological polar surface area (TPSA) is 70.6 Å². The second-order valence-corrected chi connectivity index (χ2v) is 9.32. The van der Waals surface area contributed by atoms with Gasteiger partial charge in [-0.3, -0.25) is 9.69 Å². The van der Waals surface area contributed by atoms with E-state index >= 15 is 0 Å². The number of amides is 1. The van der Waals surface area contributed by atoms with Gasteiger partial charge in [-0.2, -0.15) is 0 Å². The fraction of sp³-hybridized carbons (Fsp3) is 0.348. The quantitative estimate of drug-likeness (QED) is 0.573. The molecule has 2 aliphatic heterocycles. The molecule has 1 aromatic carbocycles. The lowest BCUT2D eigenvalue weighted by Gasteiger charge is -2.25. The molecule has 3 aromatic rings.